The number of primary sulfonamides is 1. The number of benzene rings is 2. The molecule has 3 aromatic rings. The molecule has 1 unspecified atom stereocenters. The summed E-state index contributed by atoms with van der Waals surface area (Å²) in [6, 6.07) is 11.0. The number of ether oxygens (including phenoxy) is 1. The number of thiazole rings is 1. The van der Waals surface area contributed by atoms with Gasteiger partial charge in [0.25, 0.3) is 5.91 Å². The third-order valence-corrected chi connectivity index (χ3v) is 7.19. The molecule has 2 aromatic carbocycles. The van der Waals surface area contributed by atoms with Crippen LogP contribution >= 0.6 is 11.3 Å². The number of aryl methyl sites for hydroxylation is 2. The van der Waals surface area contributed by atoms with Crippen LogP contribution in [-0.2, 0) is 19.6 Å². The summed E-state index contributed by atoms with van der Waals surface area (Å²) in [6.45, 7) is 5.53. The van der Waals surface area contributed by atoms with Crippen LogP contribution in [0.25, 0.3) is 11.3 Å². The maximum Gasteiger partial charge on any atom is 0.268 e. The van der Waals surface area contributed by atoms with Crippen molar-refractivity contribution in [1.82, 2.24) is 4.98 Å². The molecule has 9 nitrogen and oxygen atoms in total. The zero-order valence-corrected chi connectivity index (χ0v) is 20.5. The highest BCUT2D eigenvalue weighted by Gasteiger charge is 2.35. The van der Waals surface area contributed by atoms with Gasteiger partial charge in [-0.25, -0.2) is 18.5 Å². The molecule has 0 aliphatic carbocycles. The van der Waals surface area contributed by atoms with Crippen molar-refractivity contribution in [3.63, 3.8) is 0 Å². The SMILES string of the molecule is CCC1Oc2ccc(-c3nc(C)sc3C)cc2N(CC(=O)Nc2ccc(S(N)(=O)=O)cc2)C1=O. The van der Waals surface area contributed by atoms with Crippen molar-refractivity contribution in [2.24, 2.45) is 5.14 Å². The maximum absolute atomic E-state index is 13.1. The molecule has 0 saturated heterocycles. The van der Waals surface area contributed by atoms with Crippen molar-refractivity contribution in [1.29, 1.82) is 0 Å². The van der Waals surface area contributed by atoms with Crippen LogP contribution in [0.5, 0.6) is 5.75 Å². The summed E-state index contributed by atoms with van der Waals surface area (Å²) in [4.78, 5) is 32.9. The Morgan fingerprint density at radius 1 is 1.21 bits per heavy atom. The minimum absolute atomic E-state index is 0.0614. The second kappa shape index (κ2) is 9.16. The van der Waals surface area contributed by atoms with Gasteiger partial charge in [0.1, 0.15) is 12.3 Å². The van der Waals surface area contributed by atoms with E-state index in [0.717, 1.165) is 21.1 Å². The third-order valence-electron chi connectivity index (χ3n) is 5.38. The third kappa shape index (κ3) is 4.81. The number of hydrogen-bond acceptors (Lipinski definition) is 7. The van der Waals surface area contributed by atoms with Crippen molar-refractivity contribution in [3.8, 4) is 17.0 Å². The smallest absolute Gasteiger partial charge is 0.268 e. The van der Waals surface area contributed by atoms with Gasteiger partial charge in [0, 0.05) is 16.1 Å². The molecule has 1 aliphatic heterocycles. The van der Waals surface area contributed by atoms with Crippen molar-refractivity contribution in [2.75, 3.05) is 16.8 Å². The number of nitrogens with zero attached hydrogens (tertiary/aromatic N) is 2. The van der Waals surface area contributed by atoms with Crippen LogP contribution in [0.4, 0.5) is 11.4 Å². The van der Waals surface area contributed by atoms with Gasteiger partial charge in [-0.2, -0.15) is 0 Å². The number of carbonyl (C=O) groups is 2. The monoisotopic (exact) mass is 500 g/mol. The molecule has 2 heterocycles. The Bertz CT molecular complexity index is 1370. The second-order valence-electron chi connectivity index (χ2n) is 7.88. The Kier molecular flexibility index (Phi) is 6.43. The number of hydrogen-bond donors (Lipinski definition) is 2. The van der Waals surface area contributed by atoms with E-state index in [-0.39, 0.29) is 17.3 Å². The molecule has 4 rings (SSSR count). The van der Waals surface area contributed by atoms with Crippen LogP contribution in [0.3, 0.4) is 0 Å². The lowest BCUT2D eigenvalue weighted by atomic mass is 10.1. The van der Waals surface area contributed by atoms with E-state index in [1.807, 2.05) is 32.9 Å². The summed E-state index contributed by atoms with van der Waals surface area (Å²) in [6.07, 6.45) is -0.235. The minimum atomic E-state index is -3.83. The minimum Gasteiger partial charge on any atom is -0.478 e. The Balaban J connectivity index is 1.61. The Morgan fingerprint density at radius 2 is 1.91 bits per heavy atom. The molecule has 0 fully saturated rings. The van der Waals surface area contributed by atoms with Gasteiger partial charge in [-0.15, -0.1) is 11.3 Å². The molecular weight excluding hydrogens is 476 g/mol. The Morgan fingerprint density at radius 3 is 2.50 bits per heavy atom. The van der Waals surface area contributed by atoms with Gasteiger partial charge < -0.3 is 10.1 Å². The second-order valence-corrected chi connectivity index (χ2v) is 10.8. The average molecular weight is 501 g/mol. The van der Waals surface area contributed by atoms with Crippen LogP contribution in [0, 0.1) is 13.8 Å². The molecule has 34 heavy (non-hydrogen) atoms. The van der Waals surface area contributed by atoms with Crippen molar-refractivity contribution in [3.05, 3.63) is 52.3 Å². The molecule has 0 spiro atoms. The quantitative estimate of drug-likeness (QED) is 0.534. The predicted molar refractivity (Wildman–Crippen MR) is 131 cm³/mol. The molecular formula is C23H24N4O5S2. The number of nitrogens with two attached hydrogens (primary N) is 1. The van der Waals surface area contributed by atoms with E-state index >= 15 is 0 Å². The van der Waals surface area contributed by atoms with Gasteiger partial charge in [0.2, 0.25) is 15.9 Å². The van der Waals surface area contributed by atoms with E-state index in [1.165, 1.54) is 29.2 Å². The zero-order valence-electron chi connectivity index (χ0n) is 18.9. The van der Waals surface area contributed by atoms with Crippen molar-refractivity contribution >= 4 is 44.5 Å². The predicted octanol–water partition coefficient (Wildman–Crippen LogP) is 3.22. The highest BCUT2D eigenvalue weighted by atomic mass is 32.2. The first-order valence-corrected chi connectivity index (χ1v) is 12.9. The zero-order chi connectivity index (χ0) is 24.6. The van der Waals surface area contributed by atoms with E-state index in [9.17, 15) is 18.0 Å². The van der Waals surface area contributed by atoms with E-state index in [4.69, 9.17) is 9.88 Å². The molecule has 0 bridgehead atoms. The molecule has 2 amide bonds. The summed E-state index contributed by atoms with van der Waals surface area (Å²) >= 11 is 1.59. The molecule has 1 aromatic heterocycles. The number of anilines is 2. The Hall–Kier alpha value is -3.28. The lowest BCUT2D eigenvalue weighted by Gasteiger charge is -2.34. The standard InChI is InChI=1S/C23H24N4O5S2/c1-4-19-23(29)27(12-21(28)26-16-6-8-17(9-7-16)34(24,30)31)18-11-15(5-10-20(18)32-19)22-13(2)33-14(3)25-22/h5-11,19H,4,12H2,1-3H3,(H,26,28)(H2,24,30,31). The van der Waals surface area contributed by atoms with Crippen LogP contribution in [0.2, 0.25) is 0 Å². The van der Waals surface area contributed by atoms with Gasteiger partial charge in [-0.3, -0.25) is 14.5 Å². The van der Waals surface area contributed by atoms with E-state index in [2.05, 4.69) is 10.3 Å². The van der Waals surface area contributed by atoms with Gasteiger partial charge in [0.15, 0.2) is 6.10 Å². The first-order chi connectivity index (χ1) is 16.1. The van der Waals surface area contributed by atoms with E-state index in [1.54, 1.807) is 17.4 Å². The molecule has 1 atom stereocenters. The first kappa shape index (κ1) is 23.9. The number of nitrogens with one attached hydrogen (secondary N) is 1. The fraction of sp³-hybridized carbons (Fsp3) is 0.261. The fourth-order valence-electron chi connectivity index (χ4n) is 3.76. The summed E-state index contributed by atoms with van der Waals surface area (Å²) in [5.74, 6) is -0.228. The Labute approximate surface area is 201 Å². The largest absolute Gasteiger partial charge is 0.478 e. The normalized spacial score (nSPS) is 15.6. The lowest BCUT2D eigenvalue weighted by Crippen LogP contribution is -2.48. The highest BCUT2D eigenvalue weighted by molar-refractivity contribution is 7.89. The molecule has 0 radical (unpaired) electrons. The average Bonchev–Trinajstić information content (AvgIpc) is 3.12. The van der Waals surface area contributed by atoms with Gasteiger partial charge in [0.05, 0.1) is 21.3 Å². The van der Waals surface area contributed by atoms with Crippen LogP contribution in [-0.4, -0.2) is 37.9 Å². The van der Waals surface area contributed by atoms with Crippen LogP contribution < -0.4 is 20.1 Å². The number of carbonyl (C=O) groups excluding carboxylic acids is 2. The summed E-state index contributed by atoms with van der Waals surface area (Å²) in [5, 5.41) is 8.74. The molecule has 178 valence electrons. The van der Waals surface area contributed by atoms with Crippen LogP contribution in [0.15, 0.2) is 47.4 Å². The molecule has 3 N–H and O–H groups in total. The molecule has 0 saturated carbocycles. The number of rotatable bonds is 6. The topological polar surface area (TPSA) is 132 Å². The molecule has 11 heteroatoms. The van der Waals surface area contributed by atoms with Crippen molar-refractivity contribution in [2.45, 2.75) is 38.2 Å². The number of sulfonamides is 1. The molecule has 1 aliphatic rings. The maximum atomic E-state index is 13.1. The summed E-state index contributed by atoms with van der Waals surface area (Å²) < 4.78 is 28.7. The number of amides is 2. The first-order valence-electron chi connectivity index (χ1n) is 10.6. The number of fused-ring (bicyclic) bond motifs is 1. The van der Waals surface area contributed by atoms with Gasteiger partial charge in [-0.1, -0.05) is 6.92 Å². The van der Waals surface area contributed by atoms with Crippen molar-refractivity contribution < 1.29 is 22.7 Å². The number of aromatic nitrogens is 1. The summed E-state index contributed by atoms with van der Waals surface area (Å²) in [7, 11) is -3.83. The van der Waals surface area contributed by atoms with E-state index in [0.29, 0.717) is 23.5 Å². The van der Waals surface area contributed by atoms with Crippen LogP contribution in [0.1, 0.15) is 23.2 Å². The van der Waals surface area contributed by atoms with E-state index < -0.39 is 22.0 Å². The fourth-order valence-corrected chi connectivity index (χ4v) is 5.12. The lowest BCUT2D eigenvalue weighted by molar-refractivity contribution is -0.128. The summed E-state index contributed by atoms with van der Waals surface area (Å²) in [5.41, 5.74) is 2.54. The van der Waals surface area contributed by atoms with Gasteiger partial charge in [-0.05, 0) is 62.7 Å². The highest BCUT2D eigenvalue weighted by Crippen LogP contribution is 2.39. The van der Waals surface area contributed by atoms with Gasteiger partial charge >= 0.3 is 0 Å².